The average Bonchev–Trinajstić information content (AvgIpc) is 1.75. The number of rotatable bonds is 0. The lowest BCUT2D eigenvalue weighted by Crippen LogP contribution is -1.66. The summed E-state index contributed by atoms with van der Waals surface area (Å²) in [4.78, 5) is 0. The zero-order valence-electron chi connectivity index (χ0n) is 7.49. The molecular weight excluding hydrogens is 112 g/mol. The van der Waals surface area contributed by atoms with Crippen LogP contribution in [0.1, 0.15) is 34.6 Å². The van der Waals surface area contributed by atoms with Gasteiger partial charge in [0, 0.05) is 0 Å². The zero-order chi connectivity index (χ0) is 7.58. The van der Waals surface area contributed by atoms with Gasteiger partial charge < -0.3 is 5.48 Å². The Morgan fingerprint density at radius 1 is 0.889 bits per heavy atom. The second kappa shape index (κ2) is 47.4. The summed E-state index contributed by atoms with van der Waals surface area (Å²) in [6, 6.07) is 0. The Morgan fingerprint density at radius 3 is 0.889 bits per heavy atom. The summed E-state index contributed by atoms with van der Waals surface area (Å²) >= 11 is 0. The zero-order valence-corrected chi connectivity index (χ0v) is 7.49. The van der Waals surface area contributed by atoms with E-state index < -0.39 is 0 Å². The van der Waals surface area contributed by atoms with Crippen LogP contribution in [-0.2, 0) is 0 Å². The van der Waals surface area contributed by atoms with E-state index in [2.05, 4.69) is 33.9 Å². The third-order valence-electron chi connectivity index (χ3n) is 0. The van der Waals surface area contributed by atoms with Crippen LogP contribution in [0, 0.1) is 5.92 Å². The van der Waals surface area contributed by atoms with Gasteiger partial charge in [-0.25, -0.2) is 0 Å². The van der Waals surface area contributed by atoms with Crippen molar-refractivity contribution < 1.29 is 5.48 Å². The molecule has 0 aliphatic carbocycles. The van der Waals surface area contributed by atoms with Crippen molar-refractivity contribution in [3.63, 3.8) is 0 Å². The topological polar surface area (TPSA) is 31.5 Å². The van der Waals surface area contributed by atoms with E-state index in [4.69, 9.17) is 0 Å². The first-order valence-electron chi connectivity index (χ1n) is 3.23. The lowest BCUT2D eigenvalue weighted by Gasteiger charge is -1.79. The Labute approximate surface area is 60.1 Å². The fourth-order valence-corrected chi connectivity index (χ4v) is 0. The summed E-state index contributed by atoms with van der Waals surface area (Å²) in [5.74, 6) is 0.833. The summed E-state index contributed by atoms with van der Waals surface area (Å²) < 4.78 is 0. The molecule has 0 spiro atoms. The maximum Gasteiger partial charge on any atom is -0.0500 e. The monoisotopic (exact) mass is 134 g/mol. The molecule has 0 aliphatic heterocycles. The molecule has 0 aromatic rings. The molecule has 0 aliphatic rings. The lowest BCUT2D eigenvalue weighted by molar-refractivity contribution is 0.737. The van der Waals surface area contributed by atoms with Crippen molar-refractivity contribution in [2.45, 2.75) is 34.6 Å². The smallest absolute Gasteiger partial charge is 0.0500 e. The molecule has 60 valence electrons. The molecule has 0 rings (SSSR count). The van der Waals surface area contributed by atoms with Crippen LogP contribution in [0.2, 0.25) is 0 Å². The Kier molecular flexibility index (Phi) is 123. The van der Waals surface area contributed by atoms with Gasteiger partial charge in [-0.2, -0.15) is 0 Å². The molecule has 0 atom stereocenters. The van der Waals surface area contributed by atoms with Crippen molar-refractivity contribution >= 4 is 0 Å². The molecule has 2 N–H and O–H groups in total. The summed E-state index contributed by atoms with van der Waals surface area (Å²) in [7, 11) is 0. The van der Waals surface area contributed by atoms with Gasteiger partial charge in [-0.3, -0.25) is 0 Å². The van der Waals surface area contributed by atoms with Crippen LogP contribution in [0.25, 0.3) is 0 Å². The second-order valence-corrected chi connectivity index (χ2v) is 1.73. The molecule has 0 radical (unpaired) electrons. The second-order valence-electron chi connectivity index (χ2n) is 1.73. The van der Waals surface area contributed by atoms with E-state index >= 15 is 0 Å². The van der Waals surface area contributed by atoms with E-state index in [1.165, 1.54) is 0 Å². The highest BCUT2D eigenvalue weighted by Gasteiger charge is 1.68. The highest BCUT2D eigenvalue weighted by Crippen LogP contribution is 1.81. The van der Waals surface area contributed by atoms with Crippen molar-refractivity contribution in [2.75, 3.05) is 0 Å². The van der Waals surface area contributed by atoms with Gasteiger partial charge in [0.1, 0.15) is 0 Å². The highest BCUT2D eigenvalue weighted by atomic mass is 16.0. The minimum absolute atomic E-state index is 0. The number of hydrogen-bond acceptors (Lipinski definition) is 0. The molecule has 0 saturated carbocycles. The van der Waals surface area contributed by atoms with Crippen LogP contribution in [0.5, 0.6) is 0 Å². The van der Waals surface area contributed by atoms with Crippen LogP contribution in [0.4, 0.5) is 0 Å². The molecule has 0 amide bonds. The maximum atomic E-state index is 3.00. The predicted molar refractivity (Wildman–Crippen MR) is 46.7 cm³/mol. The SMILES string of the molecule is C=C.CC.CC(C)C.O. The fourth-order valence-electron chi connectivity index (χ4n) is 0. The van der Waals surface area contributed by atoms with E-state index in [0.717, 1.165) is 5.92 Å². The van der Waals surface area contributed by atoms with Crippen LogP contribution < -0.4 is 0 Å². The molecule has 1 nitrogen and oxygen atoms in total. The molecular formula is C8H22O. The van der Waals surface area contributed by atoms with Gasteiger partial charge in [0.05, 0.1) is 0 Å². The van der Waals surface area contributed by atoms with Gasteiger partial charge >= 0.3 is 0 Å². The first-order chi connectivity index (χ1) is 3.73. The van der Waals surface area contributed by atoms with Gasteiger partial charge in [-0.05, 0) is 5.92 Å². The Morgan fingerprint density at radius 2 is 0.889 bits per heavy atom. The summed E-state index contributed by atoms with van der Waals surface area (Å²) in [6.07, 6.45) is 0. The summed E-state index contributed by atoms with van der Waals surface area (Å²) in [6.45, 7) is 16.5. The van der Waals surface area contributed by atoms with Crippen LogP contribution >= 0.6 is 0 Å². The Hall–Kier alpha value is -0.300. The van der Waals surface area contributed by atoms with Crippen molar-refractivity contribution in [1.82, 2.24) is 0 Å². The molecule has 0 unspecified atom stereocenters. The minimum Gasteiger partial charge on any atom is -0.412 e. The van der Waals surface area contributed by atoms with Gasteiger partial charge in [-0.1, -0.05) is 34.6 Å². The molecule has 0 aromatic heterocycles. The molecule has 9 heavy (non-hydrogen) atoms. The van der Waals surface area contributed by atoms with Gasteiger partial charge in [0.15, 0.2) is 0 Å². The third-order valence-corrected chi connectivity index (χ3v) is 0. The standard InChI is InChI=1S/C4H10.C2H6.C2H4.H2O/c1-4(2)3;2*1-2;/h4H,1-3H3;1-2H3;1-2H2;1H2. The molecule has 0 aromatic carbocycles. The Balaban J connectivity index is -0.0000000221. The van der Waals surface area contributed by atoms with Crippen LogP contribution in [0.3, 0.4) is 0 Å². The molecule has 0 fully saturated rings. The maximum absolute atomic E-state index is 3.00. The molecule has 0 heterocycles. The summed E-state index contributed by atoms with van der Waals surface area (Å²) in [5, 5.41) is 0. The fraction of sp³-hybridized carbons (Fsp3) is 0.750. The first kappa shape index (κ1) is 23.4. The minimum atomic E-state index is 0. The van der Waals surface area contributed by atoms with E-state index in [0.29, 0.717) is 0 Å². The normalized spacial score (nSPS) is 5.11. The molecule has 0 saturated heterocycles. The van der Waals surface area contributed by atoms with Crippen LogP contribution in [0.15, 0.2) is 13.2 Å². The van der Waals surface area contributed by atoms with Crippen molar-refractivity contribution in [3.8, 4) is 0 Å². The highest BCUT2D eigenvalue weighted by molar-refractivity contribution is 4.22. The molecule has 1 heteroatoms. The summed E-state index contributed by atoms with van der Waals surface area (Å²) in [5.41, 5.74) is 0. The average molecular weight is 134 g/mol. The lowest BCUT2D eigenvalue weighted by atomic mass is 10.3. The third kappa shape index (κ3) is 2780. The van der Waals surface area contributed by atoms with Crippen molar-refractivity contribution in [3.05, 3.63) is 13.2 Å². The van der Waals surface area contributed by atoms with Crippen LogP contribution in [-0.4, -0.2) is 5.48 Å². The van der Waals surface area contributed by atoms with Gasteiger partial charge in [0.2, 0.25) is 0 Å². The molecule has 0 bridgehead atoms. The van der Waals surface area contributed by atoms with E-state index in [1.807, 2.05) is 13.8 Å². The number of hydrogen-bond donors (Lipinski definition) is 0. The first-order valence-corrected chi connectivity index (χ1v) is 3.23. The van der Waals surface area contributed by atoms with Crippen molar-refractivity contribution in [1.29, 1.82) is 0 Å². The van der Waals surface area contributed by atoms with Gasteiger partial charge in [-0.15, -0.1) is 13.2 Å². The Bertz CT molecular complexity index is 15.8. The quantitative estimate of drug-likeness (QED) is 0.456. The largest absolute Gasteiger partial charge is 0.412 e. The van der Waals surface area contributed by atoms with E-state index in [1.54, 1.807) is 0 Å². The van der Waals surface area contributed by atoms with Crippen molar-refractivity contribution in [2.24, 2.45) is 5.92 Å². The van der Waals surface area contributed by atoms with Gasteiger partial charge in [0.25, 0.3) is 0 Å². The van der Waals surface area contributed by atoms with E-state index in [9.17, 15) is 0 Å². The predicted octanol–water partition coefficient (Wildman–Crippen LogP) is 2.67. The van der Waals surface area contributed by atoms with E-state index in [-0.39, 0.29) is 5.48 Å².